The molecule has 0 N–H and O–H groups in total. The lowest BCUT2D eigenvalue weighted by Crippen LogP contribution is -1.99. The molecule has 0 unspecified atom stereocenters. The first kappa shape index (κ1) is 19.7. The summed E-state index contributed by atoms with van der Waals surface area (Å²) in [4.78, 5) is 5.80. The van der Waals surface area contributed by atoms with Crippen LogP contribution in [-0.4, -0.2) is 19.9 Å². The van der Waals surface area contributed by atoms with E-state index >= 15 is 0 Å². The van der Waals surface area contributed by atoms with Crippen LogP contribution in [0.25, 0.3) is 0 Å². The first-order chi connectivity index (χ1) is 13.2. The molecule has 0 atom stereocenters. The molecule has 0 fully saturated rings. The summed E-state index contributed by atoms with van der Waals surface area (Å²) in [5, 5.41) is 3.23. The minimum Gasteiger partial charge on any atom is -0.493 e. The third kappa shape index (κ3) is 5.73. The Labute approximate surface area is 173 Å². The van der Waals surface area contributed by atoms with Crippen LogP contribution in [0.4, 0.5) is 0 Å². The number of halogens is 2. The van der Waals surface area contributed by atoms with Gasteiger partial charge in [0.25, 0.3) is 0 Å². The van der Waals surface area contributed by atoms with Gasteiger partial charge in [-0.25, -0.2) is 0 Å². The molecule has 3 aromatic rings. The molecule has 0 saturated carbocycles. The van der Waals surface area contributed by atoms with E-state index < -0.39 is 0 Å². The van der Waals surface area contributed by atoms with Gasteiger partial charge in [0, 0.05) is 29.1 Å². The van der Waals surface area contributed by atoms with Crippen LogP contribution >= 0.6 is 34.5 Å². The predicted octanol–water partition coefficient (Wildman–Crippen LogP) is 6.30. The summed E-state index contributed by atoms with van der Waals surface area (Å²) in [6.07, 6.45) is 2.74. The molecule has 0 saturated heterocycles. The Morgan fingerprint density at radius 2 is 2.00 bits per heavy atom. The molecule has 140 valence electrons. The normalized spacial score (nSPS) is 11.1. The van der Waals surface area contributed by atoms with Crippen LogP contribution in [0, 0.1) is 0 Å². The second-order valence-electron chi connectivity index (χ2n) is 5.82. The van der Waals surface area contributed by atoms with Crippen LogP contribution in [0.2, 0.25) is 10.0 Å². The quantitative estimate of drug-likeness (QED) is 0.400. The van der Waals surface area contributed by atoms with Crippen molar-refractivity contribution in [2.24, 2.45) is 4.99 Å². The Balaban J connectivity index is 1.66. The van der Waals surface area contributed by atoms with Gasteiger partial charge in [-0.3, -0.25) is 4.99 Å². The highest BCUT2D eigenvalue weighted by molar-refractivity contribution is 7.09. The van der Waals surface area contributed by atoms with E-state index in [-0.39, 0.29) is 0 Å². The number of rotatable bonds is 8. The lowest BCUT2D eigenvalue weighted by Gasteiger charge is -2.13. The highest BCUT2D eigenvalue weighted by Gasteiger charge is 2.12. The molecule has 0 aliphatic heterocycles. The monoisotopic (exact) mass is 419 g/mol. The summed E-state index contributed by atoms with van der Waals surface area (Å²) in [5.41, 5.74) is 1.83. The van der Waals surface area contributed by atoms with E-state index in [0.29, 0.717) is 28.2 Å². The lowest BCUT2D eigenvalue weighted by atomic mass is 10.2. The van der Waals surface area contributed by atoms with Gasteiger partial charge in [0.15, 0.2) is 11.5 Å². The Hall–Kier alpha value is -2.01. The van der Waals surface area contributed by atoms with Gasteiger partial charge in [-0.15, -0.1) is 11.3 Å². The summed E-state index contributed by atoms with van der Waals surface area (Å²) in [6.45, 7) is 1.08. The number of hydrogen-bond donors (Lipinski definition) is 0. The third-order valence-electron chi connectivity index (χ3n) is 3.83. The fourth-order valence-electron chi connectivity index (χ4n) is 2.54. The van der Waals surface area contributed by atoms with E-state index in [1.54, 1.807) is 18.4 Å². The number of aliphatic imine (C=N–C) groups is 1. The molecule has 1 aromatic heterocycles. The Morgan fingerprint density at radius 3 is 2.74 bits per heavy atom. The first-order valence-electron chi connectivity index (χ1n) is 8.42. The topological polar surface area (TPSA) is 30.8 Å². The number of methoxy groups -OCH3 is 1. The largest absolute Gasteiger partial charge is 0.493 e. The average molecular weight is 420 g/mol. The molecule has 0 spiro atoms. The van der Waals surface area contributed by atoms with Crippen LogP contribution < -0.4 is 9.47 Å². The maximum absolute atomic E-state index is 6.41. The van der Waals surface area contributed by atoms with E-state index in [1.165, 1.54) is 4.88 Å². The van der Waals surface area contributed by atoms with Gasteiger partial charge in [-0.2, -0.15) is 0 Å². The van der Waals surface area contributed by atoms with Crippen molar-refractivity contribution in [1.29, 1.82) is 0 Å². The lowest BCUT2D eigenvalue weighted by molar-refractivity contribution is 0.284. The molecule has 0 aliphatic rings. The van der Waals surface area contributed by atoms with Crippen LogP contribution in [0.15, 0.2) is 58.9 Å². The van der Waals surface area contributed by atoms with Gasteiger partial charge < -0.3 is 9.47 Å². The second kappa shape index (κ2) is 9.79. The van der Waals surface area contributed by atoms with Crippen LogP contribution in [0.5, 0.6) is 11.5 Å². The zero-order valence-electron chi connectivity index (χ0n) is 14.8. The fourth-order valence-corrected chi connectivity index (χ4v) is 3.72. The van der Waals surface area contributed by atoms with Gasteiger partial charge in [0.2, 0.25) is 0 Å². The first-order valence-corrected chi connectivity index (χ1v) is 10.1. The van der Waals surface area contributed by atoms with Crippen LogP contribution in [0.3, 0.4) is 0 Å². The second-order valence-corrected chi connectivity index (χ2v) is 7.69. The molecule has 6 heteroatoms. The van der Waals surface area contributed by atoms with Crippen molar-refractivity contribution in [3.05, 3.63) is 80.0 Å². The molecule has 27 heavy (non-hydrogen) atoms. The molecular formula is C21H19Cl2NO2S. The summed E-state index contributed by atoms with van der Waals surface area (Å²) in [5.74, 6) is 1.08. The SMILES string of the molecule is COc1cc(C=NCCc2cccs2)cc(Cl)c1OCc1cccc(Cl)c1. The van der Waals surface area contributed by atoms with Crippen molar-refractivity contribution < 1.29 is 9.47 Å². The maximum atomic E-state index is 6.41. The van der Waals surface area contributed by atoms with Crippen molar-refractivity contribution >= 4 is 40.8 Å². The standard InChI is InChI=1S/C21H19Cl2NO2S/c1-25-20-12-16(13-24-8-7-18-6-3-9-27-18)11-19(23)21(20)26-14-15-4-2-5-17(22)10-15/h2-6,9-13H,7-8,14H2,1H3. The molecule has 1 heterocycles. The summed E-state index contributed by atoms with van der Waals surface area (Å²) in [7, 11) is 1.59. The van der Waals surface area contributed by atoms with E-state index in [1.807, 2.05) is 42.6 Å². The molecule has 0 amide bonds. The van der Waals surface area contributed by atoms with Crippen molar-refractivity contribution in [1.82, 2.24) is 0 Å². The minimum atomic E-state index is 0.352. The van der Waals surface area contributed by atoms with Crippen LogP contribution in [0.1, 0.15) is 16.0 Å². The zero-order valence-corrected chi connectivity index (χ0v) is 17.2. The molecular weight excluding hydrogens is 401 g/mol. The molecule has 3 nitrogen and oxygen atoms in total. The molecule has 0 bridgehead atoms. The van der Waals surface area contributed by atoms with E-state index in [0.717, 1.165) is 24.1 Å². The van der Waals surface area contributed by atoms with Crippen molar-refractivity contribution in [2.75, 3.05) is 13.7 Å². The number of hydrogen-bond acceptors (Lipinski definition) is 4. The predicted molar refractivity (Wildman–Crippen MR) is 114 cm³/mol. The van der Waals surface area contributed by atoms with Gasteiger partial charge in [0.1, 0.15) is 6.61 Å². The van der Waals surface area contributed by atoms with Crippen molar-refractivity contribution in [2.45, 2.75) is 13.0 Å². The zero-order chi connectivity index (χ0) is 19.1. The molecule has 0 radical (unpaired) electrons. The number of nitrogens with zero attached hydrogens (tertiary/aromatic N) is 1. The van der Waals surface area contributed by atoms with Gasteiger partial charge >= 0.3 is 0 Å². The maximum Gasteiger partial charge on any atom is 0.180 e. The van der Waals surface area contributed by atoms with E-state index in [9.17, 15) is 0 Å². The Kier molecular flexibility index (Phi) is 7.16. The average Bonchev–Trinajstić information content (AvgIpc) is 3.17. The number of ether oxygens (including phenoxy) is 2. The highest BCUT2D eigenvalue weighted by atomic mass is 35.5. The van der Waals surface area contributed by atoms with Crippen molar-refractivity contribution in [3.63, 3.8) is 0 Å². The van der Waals surface area contributed by atoms with E-state index in [2.05, 4.69) is 22.5 Å². The number of benzene rings is 2. The highest BCUT2D eigenvalue weighted by Crippen LogP contribution is 2.36. The van der Waals surface area contributed by atoms with Gasteiger partial charge in [0.05, 0.1) is 12.1 Å². The van der Waals surface area contributed by atoms with Gasteiger partial charge in [-0.1, -0.05) is 41.4 Å². The number of thiophene rings is 1. The summed E-state index contributed by atoms with van der Waals surface area (Å²) in [6, 6.07) is 15.4. The Bertz CT molecular complexity index is 911. The fraction of sp³-hybridized carbons (Fsp3) is 0.190. The smallest absolute Gasteiger partial charge is 0.180 e. The molecule has 3 rings (SSSR count). The van der Waals surface area contributed by atoms with Crippen LogP contribution in [-0.2, 0) is 13.0 Å². The van der Waals surface area contributed by atoms with E-state index in [4.69, 9.17) is 32.7 Å². The molecule has 0 aliphatic carbocycles. The Morgan fingerprint density at radius 1 is 1.11 bits per heavy atom. The third-order valence-corrected chi connectivity index (χ3v) is 5.28. The summed E-state index contributed by atoms with van der Waals surface area (Å²) < 4.78 is 11.3. The summed E-state index contributed by atoms with van der Waals surface area (Å²) >= 11 is 14.2. The van der Waals surface area contributed by atoms with Gasteiger partial charge in [-0.05, 0) is 46.8 Å². The molecule has 2 aromatic carbocycles. The van der Waals surface area contributed by atoms with Crippen molar-refractivity contribution in [3.8, 4) is 11.5 Å². The minimum absolute atomic E-state index is 0.352.